The van der Waals surface area contributed by atoms with Crippen LogP contribution in [0.1, 0.15) is 18.4 Å². The Hall–Kier alpha value is -1.33. The first-order valence-corrected chi connectivity index (χ1v) is 6.92. The summed E-state index contributed by atoms with van der Waals surface area (Å²) < 4.78 is 32.1. The van der Waals surface area contributed by atoms with Crippen molar-refractivity contribution in [3.63, 3.8) is 0 Å². The van der Waals surface area contributed by atoms with Crippen molar-refractivity contribution in [3.8, 4) is 0 Å². The van der Waals surface area contributed by atoms with Gasteiger partial charge in [-0.2, -0.15) is 0 Å². The van der Waals surface area contributed by atoms with Gasteiger partial charge in [0.05, 0.1) is 13.2 Å². The molecule has 2 atom stereocenters. The molecule has 0 aromatic heterocycles. The number of rotatable bonds is 3. The van der Waals surface area contributed by atoms with E-state index in [1.807, 2.05) is 0 Å². The Balaban J connectivity index is 1.68. The summed E-state index contributed by atoms with van der Waals surface area (Å²) >= 11 is 0. The van der Waals surface area contributed by atoms with Crippen LogP contribution >= 0.6 is 0 Å². The number of halogens is 2. The Bertz CT molecular complexity index is 509. The number of carbonyl (C=O) groups excluding carboxylic acids is 1. The SMILES string of the molecule is O=C(Cc1cc(F)ccc1F)C1CC2COCC(C1)N2. The second-order valence-corrected chi connectivity index (χ2v) is 5.65. The summed E-state index contributed by atoms with van der Waals surface area (Å²) in [5.74, 6) is -1.12. The lowest BCUT2D eigenvalue weighted by atomic mass is 9.82. The van der Waals surface area contributed by atoms with E-state index in [0.717, 1.165) is 18.2 Å². The quantitative estimate of drug-likeness (QED) is 0.919. The highest BCUT2D eigenvalue weighted by Gasteiger charge is 2.35. The normalized spacial score (nSPS) is 29.2. The molecule has 2 aliphatic heterocycles. The molecule has 1 aromatic rings. The Morgan fingerprint density at radius 1 is 1.25 bits per heavy atom. The first-order valence-electron chi connectivity index (χ1n) is 6.92. The van der Waals surface area contributed by atoms with E-state index in [-0.39, 0.29) is 35.8 Å². The molecule has 2 saturated heterocycles. The number of ketones is 1. The topological polar surface area (TPSA) is 38.3 Å². The maximum atomic E-state index is 13.6. The molecule has 0 amide bonds. The van der Waals surface area contributed by atoms with Gasteiger partial charge in [-0.3, -0.25) is 4.79 Å². The fourth-order valence-electron chi connectivity index (χ4n) is 3.11. The maximum absolute atomic E-state index is 13.6. The van der Waals surface area contributed by atoms with Gasteiger partial charge >= 0.3 is 0 Å². The second-order valence-electron chi connectivity index (χ2n) is 5.65. The van der Waals surface area contributed by atoms with Crippen molar-refractivity contribution in [3.05, 3.63) is 35.4 Å². The predicted molar refractivity (Wildman–Crippen MR) is 69.3 cm³/mol. The van der Waals surface area contributed by atoms with Crippen LogP contribution in [0.4, 0.5) is 8.78 Å². The van der Waals surface area contributed by atoms with E-state index in [4.69, 9.17) is 4.74 Å². The third-order valence-corrected chi connectivity index (χ3v) is 4.08. The summed E-state index contributed by atoms with van der Waals surface area (Å²) in [6, 6.07) is 3.65. The first-order chi connectivity index (χ1) is 9.61. The number of nitrogens with one attached hydrogen (secondary N) is 1. The van der Waals surface area contributed by atoms with Crippen molar-refractivity contribution in [2.24, 2.45) is 5.92 Å². The average Bonchev–Trinajstić information content (AvgIpc) is 2.42. The summed E-state index contributed by atoms with van der Waals surface area (Å²) in [6.45, 7) is 1.24. The Morgan fingerprint density at radius 3 is 2.65 bits per heavy atom. The largest absolute Gasteiger partial charge is 0.378 e. The fraction of sp³-hybridized carbons (Fsp3) is 0.533. The number of hydrogen-bond donors (Lipinski definition) is 1. The van der Waals surface area contributed by atoms with Gasteiger partial charge in [0, 0.05) is 24.4 Å². The minimum atomic E-state index is -0.516. The van der Waals surface area contributed by atoms with E-state index in [9.17, 15) is 13.6 Å². The van der Waals surface area contributed by atoms with Crippen LogP contribution in [0.5, 0.6) is 0 Å². The Kier molecular flexibility index (Phi) is 3.81. The van der Waals surface area contributed by atoms with Gasteiger partial charge in [0.15, 0.2) is 0 Å². The van der Waals surface area contributed by atoms with Crippen LogP contribution in [0.25, 0.3) is 0 Å². The van der Waals surface area contributed by atoms with Gasteiger partial charge in [-0.1, -0.05) is 0 Å². The van der Waals surface area contributed by atoms with Crippen LogP contribution in [0.15, 0.2) is 18.2 Å². The molecule has 5 heteroatoms. The van der Waals surface area contributed by atoms with E-state index in [1.54, 1.807) is 0 Å². The van der Waals surface area contributed by atoms with Crippen molar-refractivity contribution in [2.75, 3.05) is 13.2 Å². The summed E-state index contributed by atoms with van der Waals surface area (Å²) in [6.07, 6.45) is 1.40. The number of piperidine rings is 1. The molecule has 0 saturated carbocycles. The molecule has 0 spiro atoms. The molecule has 20 heavy (non-hydrogen) atoms. The highest BCUT2D eigenvalue weighted by molar-refractivity contribution is 5.83. The maximum Gasteiger partial charge on any atom is 0.140 e. The van der Waals surface area contributed by atoms with Crippen LogP contribution < -0.4 is 5.32 Å². The number of hydrogen-bond acceptors (Lipinski definition) is 3. The lowest BCUT2D eigenvalue weighted by Crippen LogP contribution is -2.55. The average molecular weight is 281 g/mol. The van der Waals surface area contributed by atoms with Gasteiger partial charge in [-0.25, -0.2) is 8.78 Å². The highest BCUT2D eigenvalue weighted by atomic mass is 19.1. The smallest absolute Gasteiger partial charge is 0.140 e. The van der Waals surface area contributed by atoms with Crippen LogP contribution in [0.3, 0.4) is 0 Å². The minimum absolute atomic E-state index is 0.00657. The molecule has 3 rings (SSSR count). The summed E-state index contributed by atoms with van der Waals surface area (Å²) in [5, 5.41) is 3.41. The van der Waals surface area contributed by atoms with Crippen LogP contribution in [0, 0.1) is 17.6 Å². The minimum Gasteiger partial charge on any atom is -0.378 e. The molecule has 2 bridgehead atoms. The van der Waals surface area contributed by atoms with E-state index < -0.39 is 11.6 Å². The third kappa shape index (κ3) is 2.88. The molecule has 1 aromatic carbocycles. The Morgan fingerprint density at radius 2 is 1.95 bits per heavy atom. The molecule has 0 radical (unpaired) electrons. The number of Topliss-reactive ketones (excluding diaryl/α,β-unsaturated/α-hetero) is 1. The van der Waals surface area contributed by atoms with E-state index >= 15 is 0 Å². The molecule has 2 heterocycles. The first kappa shape index (κ1) is 13.6. The molecule has 2 unspecified atom stereocenters. The highest BCUT2D eigenvalue weighted by Crippen LogP contribution is 2.26. The van der Waals surface area contributed by atoms with E-state index in [2.05, 4.69) is 5.32 Å². The van der Waals surface area contributed by atoms with Crippen molar-refractivity contribution in [1.82, 2.24) is 5.32 Å². The molecular weight excluding hydrogens is 264 g/mol. The molecule has 2 aliphatic rings. The van der Waals surface area contributed by atoms with Crippen molar-refractivity contribution >= 4 is 5.78 Å². The molecule has 2 fully saturated rings. The van der Waals surface area contributed by atoms with Crippen LogP contribution in [0.2, 0.25) is 0 Å². The van der Waals surface area contributed by atoms with Crippen molar-refractivity contribution in [2.45, 2.75) is 31.3 Å². The summed E-state index contributed by atoms with van der Waals surface area (Å²) in [4.78, 5) is 12.3. The molecule has 1 N–H and O–H groups in total. The van der Waals surface area contributed by atoms with Crippen LogP contribution in [-0.4, -0.2) is 31.1 Å². The second kappa shape index (κ2) is 5.58. The zero-order valence-electron chi connectivity index (χ0n) is 11.1. The molecular formula is C15H17F2NO2. The number of morpholine rings is 1. The van der Waals surface area contributed by atoms with Gasteiger partial charge in [0.25, 0.3) is 0 Å². The van der Waals surface area contributed by atoms with Crippen LogP contribution in [-0.2, 0) is 16.0 Å². The van der Waals surface area contributed by atoms with Gasteiger partial charge in [0.2, 0.25) is 0 Å². The summed E-state index contributed by atoms with van der Waals surface area (Å²) in [5.41, 5.74) is 0.148. The van der Waals surface area contributed by atoms with Gasteiger partial charge in [0.1, 0.15) is 17.4 Å². The fourth-order valence-corrected chi connectivity index (χ4v) is 3.11. The molecule has 3 nitrogen and oxygen atoms in total. The van der Waals surface area contributed by atoms with Gasteiger partial charge < -0.3 is 10.1 Å². The number of fused-ring (bicyclic) bond motifs is 2. The predicted octanol–water partition coefficient (Wildman–Crippen LogP) is 1.84. The van der Waals surface area contributed by atoms with Crippen molar-refractivity contribution in [1.29, 1.82) is 0 Å². The number of ether oxygens (including phenoxy) is 1. The Labute approximate surface area is 116 Å². The zero-order valence-corrected chi connectivity index (χ0v) is 11.1. The van der Waals surface area contributed by atoms with Crippen molar-refractivity contribution < 1.29 is 18.3 Å². The lowest BCUT2D eigenvalue weighted by molar-refractivity contribution is -0.125. The molecule has 0 aliphatic carbocycles. The monoisotopic (exact) mass is 281 g/mol. The van der Waals surface area contributed by atoms with Gasteiger partial charge in [-0.15, -0.1) is 0 Å². The van der Waals surface area contributed by atoms with E-state index in [0.29, 0.717) is 26.1 Å². The summed E-state index contributed by atoms with van der Waals surface area (Å²) in [7, 11) is 0. The van der Waals surface area contributed by atoms with E-state index in [1.165, 1.54) is 0 Å². The molecule has 108 valence electrons. The number of benzene rings is 1. The zero-order chi connectivity index (χ0) is 14.1. The standard InChI is InChI=1S/C15H17F2NO2/c16-11-1-2-14(17)9(3-11)6-15(19)10-4-12-7-20-8-13(5-10)18-12/h1-3,10,12-13,18H,4-8H2. The lowest BCUT2D eigenvalue weighted by Gasteiger charge is -2.39. The van der Waals surface area contributed by atoms with Gasteiger partial charge in [-0.05, 0) is 36.6 Å². The number of carbonyl (C=O) groups is 1. The third-order valence-electron chi connectivity index (χ3n) is 4.08.